The number of likely N-dealkylation sites (tertiary alicyclic amines) is 1. The van der Waals surface area contributed by atoms with Crippen LogP contribution < -0.4 is 16.4 Å². The molecule has 3 amide bonds. The van der Waals surface area contributed by atoms with Crippen molar-refractivity contribution >= 4 is 23.7 Å². The Morgan fingerprint density at radius 1 is 1.24 bits per heavy atom. The molecule has 10 heteroatoms. The molecular formula is C23H30N6O4. The molecular weight excluding hydrogens is 424 g/mol. The molecule has 0 radical (unpaired) electrons. The maximum Gasteiger partial charge on any atom is 0.407 e. The van der Waals surface area contributed by atoms with E-state index in [4.69, 9.17) is 5.73 Å². The highest BCUT2D eigenvalue weighted by atomic mass is 16.4. The highest BCUT2D eigenvalue weighted by Gasteiger charge is 2.43. The molecule has 10 nitrogen and oxygen atoms in total. The summed E-state index contributed by atoms with van der Waals surface area (Å²) in [6.07, 6.45) is 1.21. The lowest BCUT2D eigenvalue weighted by molar-refractivity contribution is 0.0856. The van der Waals surface area contributed by atoms with Crippen LogP contribution in [0.1, 0.15) is 48.0 Å². The van der Waals surface area contributed by atoms with Crippen LogP contribution in [0.15, 0.2) is 30.5 Å². The van der Waals surface area contributed by atoms with Crippen molar-refractivity contribution in [3.8, 4) is 11.3 Å². The molecule has 0 aliphatic carbocycles. The second kappa shape index (κ2) is 9.43. The number of nitrogens with zero attached hydrogens (tertiary/aromatic N) is 3. The van der Waals surface area contributed by atoms with Crippen LogP contribution in [0.3, 0.4) is 0 Å². The molecule has 1 fully saturated rings. The van der Waals surface area contributed by atoms with E-state index < -0.39 is 12.0 Å². The lowest BCUT2D eigenvalue weighted by Crippen LogP contribution is -2.47. The average Bonchev–Trinajstić information content (AvgIpc) is 3.22. The van der Waals surface area contributed by atoms with Crippen LogP contribution in [0.5, 0.6) is 0 Å². The summed E-state index contributed by atoms with van der Waals surface area (Å²) in [7, 11) is 1.48. The van der Waals surface area contributed by atoms with Gasteiger partial charge in [0.2, 0.25) is 0 Å². The quantitative estimate of drug-likeness (QED) is 0.541. The third-order valence-corrected chi connectivity index (χ3v) is 5.84. The summed E-state index contributed by atoms with van der Waals surface area (Å²) >= 11 is 0. The first-order valence-electron chi connectivity index (χ1n) is 10.8. The standard InChI is InChI=1S/C23H30N6O4/c1-23(2,3)18-15(8-9-29(18)22(32)33)11-27-20(30)14-7-5-6-13(10-14)16-12-26-19(24)17(28-16)21(31)25-4/h5-7,10,12,15,18H,8-9,11H2,1-4H3,(H2,24,26)(H,25,31)(H,27,30)(H,32,33). The number of nitrogens with one attached hydrogen (secondary N) is 2. The zero-order chi connectivity index (χ0) is 24.3. The van der Waals surface area contributed by atoms with Gasteiger partial charge >= 0.3 is 6.09 Å². The zero-order valence-corrected chi connectivity index (χ0v) is 19.3. The third kappa shape index (κ3) is 5.21. The number of carboxylic acid groups (broad SMARTS) is 1. The van der Waals surface area contributed by atoms with Gasteiger partial charge in [-0.1, -0.05) is 32.9 Å². The van der Waals surface area contributed by atoms with Crippen LogP contribution in [0.2, 0.25) is 0 Å². The van der Waals surface area contributed by atoms with Gasteiger partial charge < -0.3 is 26.4 Å². The Kier molecular flexibility index (Phi) is 6.85. The number of anilines is 1. The predicted octanol–water partition coefficient (Wildman–Crippen LogP) is 2.23. The summed E-state index contributed by atoms with van der Waals surface area (Å²) in [6, 6.07) is 6.66. The van der Waals surface area contributed by atoms with Crippen molar-refractivity contribution in [3.63, 3.8) is 0 Å². The molecule has 2 aromatic rings. The number of rotatable bonds is 5. The summed E-state index contributed by atoms with van der Waals surface area (Å²) < 4.78 is 0. The molecule has 1 aromatic heterocycles. The number of carbonyl (C=O) groups is 3. The minimum Gasteiger partial charge on any atom is -0.465 e. The monoisotopic (exact) mass is 454 g/mol. The molecule has 2 heterocycles. The maximum absolute atomic E-state index is 12.9. The molecule has 1 saturated heterocycles. The molecule has 2 atom stereocenters. The van der Waals surface area contributed by atoms with Gasteiger partial charge in [0.15, 0.2) is 11.5 Å². The normalized spacial score (nSPS) is 18.1. The smallest absolute Gasteiger partial charge is 0.407 e. The highest BCUT2D eigenvalue weighted by Crippen LogP contribution is 2.36. The van der Waals surface area contributed by atoms with Crippen molar-refractivity contribution in [1.82, 2.24) is 25.5 Å². The van der Waals surface area contributed by atoms with Gasteiger partial charge in [0.1, 0.15) is 0 Å². The van der Waals surface area contributed by atoms with Crippen molar-refractivity contribution in [2.45, 2.75) is 33.2 Å². The lowest BCUT2D eigenvalue weighted by atomic mass is 9.79. The van der Waals surface area contributed by atoms with E-state index in [0.29, 0.717) is 36.3 Å². The Morgan fingerprint density at radius 3 is 2.61 bits per heavy atom. The first kappa shape index (κ1) is 24.0. The van der Waals surface area contributed by atoms with Gasteiger partial charge in [0.05, 0.1) is 11.9 Å². The molecule has 0 bridgehead atoms. The first-order chi connectivity index (χ1) is 15.5. The Morgan fingerprint density at radius 2 is 1.97 bits per heavy atom. The number of benzene rings is 1. The van der Waals surface area contributed by atoms with Crippen LogP contribution in [0.4, 0.5) is 10.6 Å². The number of amides is 3. The molecule has 0 spiro atoms. The molecule has 0 saturated carbocycles. The Labute approximate surface area is 192 Å². The van der Waals surface area contributed by atoms with Crippen molar-refractivity contribution in [1.29, 1.82) is 0 Å². The van der Waals surface area contributed by atoms with Gasteiger partial charge in [-0.25, -0.2) is 14.8 Å². The van der Waals surface area contributed by atoms with Gasteiger partial charge in [0, 0.05) is 37.3 Å². The fourth-order valence-electron chi connectivity index (χ4n) is 4.43. The number of nitrogens with two attached hydrogens (primary N) is 1. The van der Waals surface area contributed by atoms with E-state index in [1.807, 2.05) is 20.8 Å². The molecule has 1 aromatic carbocycles. The molecule has 1 aliphatic heterocycles. The van der Waals surface area contributed by atoms with Crippen molar-refractivity contribution in [3.05, 3.63) is 41.7 Å². The fraction of sp³-hybridized carbons (Fsp3) is 0.435. The second-order valence-corrected chi connectivity index (χ2v) is 9.19. The minimum atomic E-state index is -0.933. The number of carbonyl (C=O) groups excluding carboxylic acids is 2. The van der Waals surface area contributed by atoms with Crippen LogP contribution >= 0.6 is 0 Å². The van der Waals surface area contributed by atoms with Gasteiger partial charge in [-0.15, -0.1) is 0 Å². The van der Waals surface area contributed by atoms with E-state index in [9.17, 15) is 19.5 Å². The van der Waals surface area contributed by atoms with E-state index in [1.165, 1.54) is 18.1 Å². The van der Waals surface area contributed by atoms with Crippen molar-refractivity contribution in [2.75, 3.05) is 25.9 Å². The Hall–Kier alpha value is -3.69. The minimum absolute atomic E-state index is 0.0160. The molecule has 33 heavy (non-hydrogen) atoms. The molecule has 3 rings (SSSR count). The summed E-state index contributed by atoms with van der Waals surface area (Å²) in [5, 5.41) is 15.0. The van der Waals surface area contributed by atoms with Gasteiger partial charge in [-0.2, -0.15) is 0 Å². The summed E-state index contributed by atoms with van der Waals surface area (Å²) in [6.45, 7) is 6.86. The maximum atomic E-state index is 12.9. The summed E-state index contributed by atoms with van der Waals surface area (Å²) in [4.78, 5) is 46.3. The number of hydrogen-bond acceptors (Lipinski definition) is 6. The SMILES string of the molecule is CNC(=O)c1nc(-c2cccc(C(=O)NCC3CCN(C(=O)O)C3C(C)(C)C)c2)cnc1N. The van der Waals surface area contributed by atoms with Gasteiger partial charge in [-0.05, 0) is 29.9 Å². The number of nitrogen functional groups attached to an aromatic ring is 1. The molecule has 2 unspecified atom stereocenters. The fourth-order valence-corrected chi connectivity index (χ4v) is 4.43. The van der Waals surface area contributed by atoms with Gasteiger partial charge in [0.25, 0.3) is 11.8 Å². The van der Waals surface area contributed by atoms with E-state index in [1.54, 1.807) is 24.3 Å². The van der Waals surface area contributed by atoms with Gasteiger partial charge in [-0.3, -0.25) is 9.59 Å². The summed E-state index contributed by atoms with van der Waals surface area (Å²) in [5.41, 5.74) is 6.97. The lowest BCUT2D eigenvalue weighted by Gasteiger charge is -2.37. The largest absolute Gasteiger partial charge is 0.465 e. The summed E-state index contributed by atoms with van der Waals surface area (Å²) in [5.74, 6) is -0.678. The van der Waals surface area contributed by atoms with Crippen LogP contribution in [0, 0.1) is 11.3 Å². The van der Waals surface area contributed by atoms with Crippen LogP contribution in [0.25, 0.3) is 11.3 Å². The Balaban J connectivity index is 1.76. The molecule has 1 aliphatic rings. The number of hydrogen-bond donors (Lipinski definition) is 4. The second-order valence-electron chi connectivity index (χ2n) is 9.19. The topological polar surface area (TPSA) is 151 Å². The van der Waals surface area contributed by atoms with E-state index in [2.05, 4.69) is 20.6 Å². The van der Waals surface area contributed by atoms with Crippen molar-refractivity contribution in [2.24, 2.45) is 11.3 Å². The number of aromatic nitrogens is 2. The molecule has 5 N–H and O–H groups in total. The Bertz CT molecular complexity index is 1070. The van der Waals surface area contributed by atoms with E-state index in [-0.39, 0.29) is 34.8 Å². The first-order valence-corrected chi connectivity index (χ1v) is 10.8. The highest BCUT2D eigenvalue weighted by molar-refractivity contribution is 5.97. The predicted molar refractivity (Wildman–Crippen MR) is 124 cm³/mol. The van der Waals surface area contributed by atoms with Crippen LogP contribution in [-0.4, -0.2) is 64.1 Å². The zero-order valence-electron chi connectivity index (χ0n) is 19.3. The van der Waals surface area contributed by atoms with E-state index >= 15 is 0 Å². The average molecular weight is 455 g/mol. The third-order valence-electron chi connectivity index (χ3n) is 5.84. The van der Waals surface area contributed by atoms with Crippen molar-refractivity contribution < 1.29 is 19.5 Å². The molecule has 176 valence electrons. The van der Waals surface area contributed by atoms with E-state index in [0.717, 1.165) is 0 Å². The van der Waals surface area contributed by atoms with Crippen LogP contribution in [-0.2, 0) is 0 Å².